The highest BCUT2D eigenvalue weighted by atomic mass is 16.6. The van der Waals surface area contributed by atoms with Gasteiger partial charge >= 0.3 is 17.9 Å². The highest BCUT2D eigenvalue weighted by molar-refractivity contribution is 5.71. The topological polar surface area (TPSA) is 78.9 Å². The first-order valence-corrected chi connectivity index (χ1v) is 23.2. The third kappa shape index (κ3) is 41.2. The summed E-state index contributed by atoms with van der Waals surface area (Å²) in [6, 6.07) is 0. The maximum atomic E-state index is 12.7. The summed E-state index contributed by atoms with van der Waals surface area (Å²) < 4.78 is 16.7. The van der Waals surface area contributed by atoms with Gasteiger partial charge in [0.1, 0.15) is 13.2 Å². The van der Waals surface area contributed by atoms with E-state index in [4.69, 9.17) is 14.2 Å². The largest absolute Gasteiger partial charge is 0.462 e. The van der Waals surface area contributed by atoms with Crippen molar-refractivity contribution in [2.75, 3.05) is 13.2 Å². The normalized spacial score (nSPS) is 12.0. The maximum absolute atomic E-state index is 12.7. The molecule has 0 saturated heterocycles. The predicted octanol–water partition coefficient (Wildman–Crippen LogP) is 14.6. The van der Waals surface area contributed by atoms with Crippen molar-refractivity contribution in [3.63, 3.8) is 0 Å². The van der Waals surface area contributed by atoms with Gasteiger partial charge in [-0.05, 0) is 38.5 Å². The van der Waals surface area contributed by atoms with Crippen molar-refractivity contribution in [2.24, 2.45) is 0 Å². The Morgan fingerprint density at radius 2 is 0.660 bits per heavy atom. The van der Waals surface area contributed by atoms with Gasteiger partial charge in [0.15, 0.2) is 6.10 Å². The van der Waals surface area contributed by atoms with Crippen LogP contribution >= 0.6 is 0 Å². The third-order valence-electron chi connectivity index (χ3n) is 10.3. The molecular formula is C47H88O6. The van der Waals surface area contributed by atoms with E-state index < -0.39 is 6.10 Å². The fraction of sp³-hybridized carbons (Fsp3) is 0.894. The van der Waals surface area contributed by atoms with Crippen LogP contribution in [-0.4, -0.2) is 37.2 Å². The highest BCUT2D eigenvalue weighted by Crippen LogP contribution is 2.15. The molecule has 0 spiro atoms. The van der Waals surface area contributed by atoms with Crippen LogP contribution in [0, 0.1) is 0 Å². The fourth-order valence-electron chi connectivity index (χ4n) is 6.74. The van der Waals surface area contributed by atoms with E-state index in [-0.39, 0.29) is 31.1 Å². The number of ether oxygens (including phenoxy) is 3. The van der Waals surface area contributed by atoms with Crippen LogP contribution in [0.25, 0.3) is 0 Å². The van der Waals surface area contributed by atoms with Crippen LogP contribution in [0.4, 0.5) is 0 Å². The molecule has 0 aliphatic heterocycles. The molecule has 0 fully saturated rings. The van der Waals surface area contributed by atoms with E-state index in [0.29, 0.717) is 19.3 Å². The monoisotopic (exact) mass is 749 g/mol. The number of hydrogen-bond donors (Lipinski definition) is 0. The van der Waals surface area contributed by atoms with Crippen LogP contribution in [0.3, 0.4) is 0 Å². The zero-order valence-corrected chi connectivity index (χ0v) is 35.6. The minimum Gasteiger partial charge on any atom is -0.462 e. The standard InChI is InChI=1S/C47H88O6/c1-4-7-10-13-16-19-21-22-23-24-25-26-29-31-34-37-40-46(49)52-43-44(42-51-45(48)39-36-33-30-27-18-15-12-9-6-3)53-47(50)41-38-35-32-28-20-17-14-11-8-5-2/h11,14,44H,4-10,12-13,15-43H2,1-3H3/b14-11-. The van der Waals surface area contributed by atoms with Crippen molar-refractivity contribution >= 4 is 17.9 Å². The summed E-state index contributed by atoms with van der Waals surface area (Å²) in [6.45, 7) is 6.56. The lowest BCUT2D eigenvalue weighted by molar-refractivity contribution is -0.167. The molecule has 0 bridgehead atoms. The van der Waals surface area contributed by atoms with Crippen LogP contribution in [-0.2, 0) is 28.6 Å². The van der Waals surface area contributed by atoms with Gasteiger partial charge in [-0.2, -0.15) is 0 Å². The molecule has 0 aromatic heterocycles. The first-order chi connectivity index (χ1) is 26.0. The van der Waals surface area contributed by atoms with E-state index in [1.165, 1.54) is 141 Å². The summed E-state index contributed by atoms with van der Waals surface area (Å²) in [5.41, 5.74) is 0. The summed E-state index contributed by atoms with van der Waals surface area (Å²) in [5, 5.41) is 0. The third-order valence-corrected chi connectivity index (χ3v) is 10.3. The Balaban J connectivity index is 4.26. The first kappa shape index (κ1) is 51.1. The summed E-state index contributed by atoms with van der Waals surface area (Å²) in [5.74, 6) is -0.874. The predicted molar refractivity (Wildman–Crippen MR) is 224 cm³/mol. The Kier molecular flexibility index (Phi) is 41.4. The first-order valence-electron chi connectivity index (χ1n) is 23.2. The molecule has 6 nitrogen and oxygen atoms in total. The molecule has 1 atom stereocenters. The lowest BCUT2D eigenvalue weighted by Gasteiger charge is -2.18. The van der Waals surface area contributed by atoms with E-state index in [9.17, 15) is 14.4 Å². The van der Waals surface area contributed by atoms with Crippen LogP contribution < -0.4 is 0 Å². The Hall–Kier alpha value is -1.85. The zero-order valence-electron chi connectivity index (χ0n) is 35.6. The molecular weight excluding hydrogens is 661 g/mol. The van der Waals surface area contributed by atoms with Gasteiger partial charge in [-0.1, -0.05) is 206 Å². The quantitative estimate of drug-likeness (QED) is 0.0268. The van der Waals surface area contributed by atoms with Gasteiger partial charge in [-0.25, -0.2) is 0 Å². The number of carbonyl (C=O) groups is 3. The van der Waals surface area contributed by atoms with Crippen molar-refractivity contribution in [3.05, 3.63) is 12.2 Å². The molecule has 0 aromatic carbocycles. The summed E-state index contributed by atoms with van der Waals surface area (Å²) in [6.07, 6.45) is 44.8. The van der Waals surface area contributed by atoms with Crippen molar-refractivity contribution < 1.29 is 28.6 Å². The molecule has 0 saturated carbocycles. The average molecular weight is 749 g/mol. The average Bonchev–Trinajstić information content (AvgIpc) is 3.15. The lowest BCUT2D eigenvalue weighted by Crippen LogP contribution is -2.30. The van der Waals surface area contributed by atoms with Crippen LogP contribution in [0.15, 0.2) is 12.2 Å². The minimum atomic E-state index is -0.765. The van der Waals surface area contributed by atoms with Crippen molar-refractivity contribution in [1.29, 1.82) is 0 Å². The Bertz CT molecular complexity index is 824. The second-order valence-corrected chi connectivity index (χ2v) is 15.7. The van der Waals surface area contributed by atoms with E-state index >= 15 is 0 Å². The van der Waals surface area contributed by atoms with Crippen LogP contribution in [0.2, 0.25) is 0 Å². The van der Waals surface area contributed by atoms with Gasteiger partial charge in [-0.15, -0.1) is 0 Å². The van der Waals surface area contributed by atoms with Gasteiger partial charge in [0.2, 0.25) is 0 Å². The van der Waals surface area contributed by atoms with Crippen molar-refractivity contribution in [2.45, 2.75) is 258 Å². The Morgan fingerprint density at radius 3 is 1.02 bits per heavy atom. The molecule has 0 rings (SSSR count). The van der Waals surface area contributed by atoms with E-state index in [1.54, 1.807) is 0 Å². The number of carbonyl (C=O) groups excluding carboxylic acids is 3. The smallest absolute Gasteiger partial charge is 0.306 e. The molecule has 53 heavy (non-hydrogen) atoms. The lowest BCUT2D eigenvalue weighted by atomic mass is 10.0. The zero-order chi connectivity index (χ0) is 38.7. The summed E-state index contributed by atoms with van der Waals surface area (Å²) in [4.78, 5) is 37.6. The molecule has 312 valence electrons. The molecule has 0 amide bonds. The fourth-order valence-corrected chi connectivity index (χ4v) is 6.74. The molecule has 0 heterocycles. The molecule has 0 aromatic rings. The second kappa shape index (κ2) is 42.9. The van der Waals surface area contributed by atoms with Gasteiger partial charge < -0.3 is 14.2 Å². The Morgan fingerprint density at radius 1 is 0.358 bits per heavy atom. The maximum Gasteiger partial charge on any atom is 0.306 e. The van der Waals surface area contributed by atoms with E-state index in [0.717, 1.165) is 70.6 Å². The number of allylic oxidation sites excluding steroid dienone is 2. The van der Waals surface area contributed by atoms with Crippen LogP contribution in [0.5, 0.6) is 0 Å². The Labute approximate surface area is 329 Å². The van der Waals surface area contributed by atoms with Crippen molar-refractivity contribution in [3.8, 4) is 0 Å². The van der Waals surface area contributed by atoms with E-state index in [2.05, 4.69) is 32.9 Å². The number of esters is 3. The molecule has 0 aliphatic rings. The molecule has 0 N–H and O–H groups in total. The highest BCUT2D eigenvalue weighted by Gasteiger charge is 2.19. The molecule has 0 aliphatic carbocycles. The van der Waals surface area contributed by atoms with Gasteiger partial charge in [0, 0.05) is 19.3 Å². The SMILES string of the molecule is CCC/C=C\CCCCCCCC(=O)OC(COC(=O)CCCCCCCCCCC)COC(=O)CCCCCCCCCCCCCCCCCC. The van der Waals surface area contributed by atoms with Gasteiger partial charge in [-0.3, -0.25) is 14.4 Å². The second-order valence-electron chi connectivity index (χ2n) is 15.7. The summed E-state index contributed by atoms with van der Waals surface area (Å²) >= 11 is 0. The molecule has 1 unspecified atom stereocenters. The minimum absolute atomic E-state index is 0.0692. The van der Waals surface area contributed by atoms with Crippen LogP contribution in [0.1, 0.15) is 252 Å². The van der Waals surface area contributed by atoms with Crippen molar-refractivity contribution in [1.82, 2.24) is 0 Å². The summed E-state index contributed by atoms with van der Waals surface area (Å²) in [7, 11) is 0. The molecule has 6 heteroatoms. The number of hydrogen-bond acceptors (Lipinski definition) is 6. The van der Waals surface area contributed by atoms with E-state index in [1.807, 2.05) is 0 Å². The van der Waals surface area contributed by atoms with Gasteiger partial charge in [0.25, 0.3) is 0 Å². The van der Waals surface area contributed by atoms with Gasteiger partial charge in [0.05, 0.1) is 0 Å². The molecule has 0 radical (unpaired) electrons. The number of rotatable bonds is 42. The number of unbranched alkanes of at least 4 members (excludes halogenated alkanes) is 29.